The van der Waals surface area contributed by atoms with Crippen molar-refractivity contribution in [1.29, 1.82) is 0 Å². The van der Waals surface area contributed by atoms with Gasteiger partial charge in [0.25, 0.3) is 11.5 Å². The van der Waals surface area contributed by atoms with E-state index in [1.807, 2.05) is 36.4 Å². The molecule has 4 rings (SSSR count). The fraction of sp³-hybridized carbons (Fsp3) is 0. The number of para-hydroxylation sites is 1. The molecule has 25 heavy (non-hydrogen) atoms. The highest BCUT2D eigenvalue weighted by Gasteiger charge is 2.17. The quantitative estimate of drug-likeness (QED) is 0.539. The number of fused-ring (bicyclic) bond motifs is 1. The Labute approximate surface area is 142 Å². The summed E-state index contributed by atoms with van der Waals surface area (Å²) in [6.45, 7) is 0. The molecule has 2 aromatic heterocycles. The van der Waals surface area contributed by atoms with Crippen molar-refractivity contribution in [2.75, 3.05) is 5.32 Å². The second kappa shape index (κ2) is 6.09. The molecule has 0 fully saturated rings. The predicted molar refractivity (Wildman–Crippen MR) is 96.5 cm³/mol. The van der Waals surface area contributed by atoms with Gasteiger partial charge in [-0.15, -0.1) is 0 Å². The Bertz CT molecular complexity index is 1110. The molecule has 4 aromatic rings. The first-order chi connectivity index (χ1) is 12.2. The molecule has 2 heterocycles. The van der Waals surface area contributed by atoms with Crippen molar-refractivity contribution in [3.8, 4) is 11.3 Å². The molecule has 1 amide bonds. The van der Waals surface area contributed by atoms with Crippen LogP contribution in [0.2, 0.25) is 0 Å². The van der Waals surface area contributed by atoms with Crippen molar-refractivity contribution in [1.82, 2.24) is 15.2 Å². The zero-order valence-corrected chi connectivity index (χ0v) is 13.1. The number of anilines is 1. The summed E-state index contributed by atoms with van der Waals surface area (Å²) in [6, 6.07) is 20.1. The van der Waals surface area contributed by atoms with Crippen molar-refractivity contribution in [2.24, 2.45) is 0 Å². The molecular formula is C19H14N4O2. The number of hydrogen-bond acceptors (Lipinski definition) is 3. The molecule has 0 aliphatic carbocycles. The van der Waals surface area contributed by atoms with Crippen LogP contribution in [0.1, 0.15) is 10.4 Å². The SMILES string of the molecule is O=C(Nc1[nH][nH]c(=O)c1-c1ccc2ccccc2n1)c1ccccc1. The number of carbonyl (C=O) groups is 1. The normalized spacial score (nSPS) is 10.7. The lowest BCUT2D eigenvalue weighted by molar-refractivity contribution is 0.102. The molecule has 0 radical (unpaired) electrons. The molecule has 0 atom stereocenters. The number of aromatic amines is 2. The lowest BCUT2D eigenvalue weighted by atomic mass is 10.1. The van der Waals surface area contributed by atoms with Crippen LogP contribution in [0, 0.1) is 0 Å². The van der Waals surface area contributed by atoms with Crippen LogP contribution in [0.5, 0.6) is 0 Å². The molecule has 0 saturated carbocycles. The molecule has 2 aromatic carbocycles. The van der Waals surface area contributed by atoms with E-state index in [2.05, 4.69) is 20.5 Å². The van der Waals surface area contributed by atoms with Crippen LogP contribution in [0.4, 0.5) is 5.82 Å². The van der Waals surface area contributed by atoms with Gasteiger partial charge < -0.3 is 5.32 Å². The van der Waals surface area contributed by atoms with Crippen LogP contribution in [0.15, 0.2) is 71.5 Å². The second-order valence-corrected chi connectivity index (χ2v) is 5.54. The number of aromatic nitrogens is 3. The zero-order valence-electron chi connectivity index (χ0n) is 13.1. The first-order valence-electron chi connectivity index (χ1n) is 7.75. The summed E-state index contributed by atoms with van der Waals surface area (Å²) in [6.07, 6.45) is 0. The number of carbonyl (C=O) groups excluding carboxylic acids is 1. The van der Waals surface area contributed by atoms with E-state index in [0.717, 1.165) is 10.9 Å². The Balaban J connectivity index is 1.74. The van der Waals surface area contributed by atoms with E-state index in [0.29, 0.717) is 22.6 Å². The number of nitrogens with zero attached hydrogens (tertiary/aromatic N) is 1. The smallest absolute Gasteiger partial charge is 0.275 e. The van der Waals surface area contributed by atoms with Crippen LogP contribution >= 0.6 is 0 Å². The maximum absolute atomic E-state index is 12.4. The molecule has 6 heteroatoms. The first-order valence-corrected chi connectivity index (χ1v) is 7.75. The van der Waals surface area contributed by atoms with E-state index in [-0.39, 0.29) is 11.5 Å². The molecular weight excluding hydrogens is 316 g/mol. The third-order valence-corrected chi connectivity index (χ3v) is 3.91. The van der Waals surface area contributed by atoms with Gasteiger partial charge in [0, 0.05) is 10.9 Å². The number of H-pyrrole nitrogens is 2. The molecule has 0 aliphatic heterocycles. The standard InChI is InChI=1S/C19H14N4O2/c24-18(13-7-2-1-3-8-13)21-17-16(19(25)23-22-17)15-11-10-12-6-4-5-9-14(12)20-15/h1-11H,(H3,21,22,23,24,25). The summed E-state index contributed by atoms with van der Waals surface area (Å²) in [5, 5.41) is 8.93. The lowest BCUT2D eigenvalue weighted by Crippen LogP contribution is -2.13. The third kappa shape index (κ3) is 2.81. The van der Waals surface area contributed by atoms with E-state index in [1.54, 1.807) is 30.3 Å². The minimum atomic E-state index is -0.342. The lowest BCUT2D eigenvalue weighted by Gasteiger charge is -2.06. The average Bonchev–Trinajstić information content (AvgIpc) is 3.02. The topological polar surface area (TPSA) is 90.6 Å². The average molecular weight is 330 g/mol. The second-order valence-electron chi connectivity index (χ2n) is 5.54. The van der Waals surface area contributed by atoms with E-state index < -0.39 is 0 Å². The number of hydrogen-bond donors (Lipinski definition) is 3. The summed E-state index contributed by atoms with van der Waals surface area (Å²) < 4.78 is 0. The molecule has 0 spiro atoms. The van der Waals surface area contributed by atoms with Gasteiger partial charge in [0.1, 0.15) is 11.4 Å². The molecule has 0 aliphatic rings. The van der Waals surface area contributed by atoms with E-state index in [1.165, 1.54) is 0 Å². The maximum atomic E-state index is 12.4. The van der Waals surface area contributed by atoms with Crippen LogP contribution in [0.3, 0.4) is 0 Å². The van der Waals surface area contributed by atoms with Gasteiger partial charge in [0.05, 0.1) is 11.2 Å². The maximum Gasteiger partial charge on any atom is 0.275 e. The number of pyridine rings is 1. The Hall–Kier alpha value is -3.67. The predicted octanol–water partition coefficient (Wildman–Crippen LogP) is 3.17. The number of amides is 1. The van der Waals surface area contributed by atoms with Crippen molar-refractivity contribution in [3.63, 3.8) is 0 Å². The molecule has 3 N–H and O–H groups in total. The highest BCUT2D eigenvalue weighted by atomic mass is 16.2. The van der Waals surface area contributed by atoms with E-state index >= 15 is 0 Å². The number of benzene rings is 2. The fourth-order valence-electron chi connectivity index (χ4n) is 2.68. The zero-order chi connectivity index (χ0) is 17.2. The number of nitrogens with one attached hydrogen (secondary N) is 3. The summed E-state index contributed by atoms with van der Waals surface area (Å²) in [5.41, 5.74) is 1.73. The van der Waals surface area contributed by atoms with Crippen LogP contribution in [0.25, 0.3) is 22.2 Å². The van der Waals surface area contributed by atoms with Gasteiger partial charge in [-0.25, -0.2) is 4.98 Å². The van der Waals surface area contributed by atoms with Gasteiger partial charge in [0.2, 0.25) is 0 Å². The molecule has 0 bridgehead atoms. The highest BCUT2D eigenvalue weighted by molar-refractivity contribution is 6.05. The van der Waals surface area contributed by atoms with E-state index in [4.69, 9.17) is 0 Å². The Morgan fingerprint density at radius 2 is 1.64 bits per heavy atom. The summed E-state index contributed by atoms with van der Waals surface area (Å²) in [7, 11) is 0. The van der Waals surface area contributed by atoms with Crippen molar-refractivity contribution < 1.29 is 4.79 Å². The Kier molecular flexibility index (Phi) is 3.63. The van der Waals surface area contributed by atoms with Crippen LogP contribution < -0.4 is 10.9 Å². The van der Waals surface area contributed by atoms with Gasteiger partial charge >= 0.3 is 0 Å². The fourth-order valence-corrected chi connectivity index (χ4v) is 2.68. The summed E-state index contributed by atoms with van der Waals surface area (Å²) >= 11 is 0. The van der Waals surface area contributed by atoms with Gasteiger partial charge in [-0.1, -0.05) is 42.5 Å². The van der Waals surface area contributed by atoms with Crippen molar-refractivity contribution in [2.45, 2.75) is 0 Å². The summed E-state index contributed by atoms with van der Waals surface area (Å²) in [5.74, 6) is -0.0143. The van der Waals surface area contributed by atoms with E-state index in [9.17, 15) is 9.59 Å². The molecule has 0 unspecified atom stereocenters. The van der Waals surface area contributed by atoms with Crippen molar-refractivity contribution in [3.05, 3.63) is 82.6 Å². The summed E-state index contributed by atoms with van der Waals surface area (Å²) in [4.78, 5) is 29.1. The Morgan fingerprint density at radius 1 is 0.880 bits per heavy atom. The van der Waals surface area contributed by atoms with Gasteiger partial charge in [-0.05, 0) is 24.3 Å². The minimum absolute atomic E-state index is 0.293. The first kappa shape index (κ1) is 14.9. The third-order valence-electron chi connectivity index (χ3n) is 3.91. The monoisotopic (exact) mass is 330 g/mol. The molecule has 0 saturated heterocycles. The number of rotatable bonds is 3. The van der Waals surface area contributed by atoms with Gasteiger partial charge in [0.15, 0.2) is 0 Å². The minimum Gasteiger partial charge on any atom is -0.306 e. The van der Waals surface area contributed by atoms with Crippen LogP contribution in [-0.2, 0) is 0 Å². The van der Waals surface area contributed by atoms with Crippen LogP contribution in [-0.4, -0.2) is 21.1 Å². The van der Waals surface area contributed by atoms with Gasteiger partial charge in [-0.3, -0.25) is 19.8 Å². The molecule has 6 nitrogen and oxygen atoms in total. The largest absolute Gasteiger partial charge is 0.306 e. The van der Waals surface area contributed by atoms with Gasteiger partial charge in [-0.2, -0.15) is 0 Å². The Morgan fingerprint density at radius 3 is 2.48 bits per heavy atom. The highest BCUT2D eigenvalue weighted by Crippen LogP contribution is 2.23. The van der Waals surface area contributed by atoms with Crippen molar-refractivity contribution >= 4 is 22.6 Å². The molecule has 122 valence electrons.